The summed E-state index contributed by atoms with van der Waals surface area (Å²) in [4.78, 5) is 17.3. The normalized spacial score (nSPS) is 11.2. The SMILES string of the molecule is O=C(C(=Nc1ccc(Cl)cc1)Nc1ccc(Cl)cc1)c1ccccc1. The van der Waals surface area contributed by atoms with Crippen molar-refractivity contribution in [1.29, 1.82) is 0 Å². The van der Waals surface area contributed by atoms with Crippen LogP contribution < -0.4 is 5.32 Å². The number of ketones is 1. The zero-order valence-corrected chi connectivity index (χ0v) is 14.6. The monoisotopic (exact) mass is 368 g/mol. The minimum absolute atomic E-state index is 0.203. The van der Waals surface area contributed by atoms with Crippen LogP contribution in [0.25, 0.3) is 0 Å². The number of hydrogen-bond acceptors (Lipinski definition) is 2. The second-order valence-electron chi connectivity index (χ2n) is 5.26. The highest BCUT2D eigenvalue weighted by atomic mass is 35.5. The van der Waals surface area contributed by atoms with Gasteiger partial charge in [-0.25, -0.2) is 4.99 Å². The summed E-state index contributed by atoms with van der Waals surface area (Å²) in [6.45, 7) is 0. The van der Waals surface area contributed by atoms with Crippen molar-refractivity contribution < 1.29 is 4.79 Å². The quantitative estimate of drug-likeness (QED) is 0.347. The molecule has 0 atom stereocenters. The summed E-state index contributed by atoms with van der Waals surface area (Å²) in [7, 11) is 0. The van der Waals surface area contributed by atoms with Gasteiger partial charge in [-0.3, -0.25) is 4.79 Å². The highest BCUT2D eigenvalue weighted by Crippen LogP contribution is 2.19. The van der Waals surface area contributed by atoms with E-state index in [0.29, 0.717) is 21.3 Å². The molecule has 3 aromatic carbocycles. The number of carbonyl (C=O) groups is 1. The number of rotatable bonds is 4. The van der Waals surface area contributed by atoms with Crippen LogP contribution in [-0.4, -0.2) is 11.6 Å². The molecule has 0 aliphatic rings. The fraction of sp³-hybridized carbons (Fsp3) is 0. The van der Waals surface area contributed by atoms with E-state index in [-0.39, 0.29) is 11.6 Å². The third-order valence-electron chi connectivity index (χ3n) is 3.43. The van der Waals surface area contributed by atoms with E-state index in [9.17, 15) is 4.79 Å². The van der Waals surface area contributed by atoms with E-state index in [1.165, 1.54) is 0 Å². The Morgan fingerprint density at radius 2 is 1.32 bits per heavy atom. The van der Waals surface area contributed by atoms with Crippen molar-refractivity contribution in [1.82, 2.24) is 0 Å². The lowest BCUT2D eigenvalue weighted by Crippen LogP contribution is -2.23. The average Bonchev–Trinajstić information content (AvgIpc) is 2.65. The van der Waals surface area contributed by atoms with E-state index in [0.717, 1.165) is 5.69 Å². The standard InChI is InChI=1S/C20H14Cl2N2O/c21-15-6-10-17(11-7-15)23-20(19(25)14-4-2-1-3-5-14)24-18-12-8-16(22)9-13-18/h1-13H,(H,23,24). The van der Waals surface area contributed by atoms with Gasteiger partial charge >= 0.3 is 0 Å². The number of carbonyl (C=O) groups excluding carboxylic acids is 1. The number of nitrogens with zero attached hydrogens (tertiary/aromatic N) is 1. The lowest BCUT2D eigenvalue weighted by atomic mass is 10.1. The molecule has 0 saturated carbocycles. The third-order valence-corrected chi connectivity index (χ3v) is 3.93. The Labute approximate surface area is 155 Å². The Balaban J connectivity index is 1.96. The summed E-state index contributed by atoms with van der Waals surface area (Å²) < 4.78 is 0. The molecule has 5 heteroatoms. The van der Waals surface area contributed by atoms with E-state index in [4.69, 9.17) is 23.2 Å². The Bertz CT molecular complexity index is 889. The lowest BCUT2D eigenvalue weighted by Gasteiger charge is -2.10. The highest BCUT2D eigenvalue weighted by molar-refractivity contribution is 6.49. The molecule has 0 amide bonds. The van der Waals surface area contributed by atoms with Crippen molar-refractivity contribution in [2.24, 2.45) is 4.99 Å². The first-order valence-electron chi connectivity index (χ1n) is 7.58. The molecule has 25 heavy (non-hydrogen) atoms. The summed E-state index contributed by atoms with van der Waals surface area (Å²) >= 11 is 11.8. The number of Topliss-reactive ketones (excluding diaryl/α,β-unsaturated/α-hetero) is 1. The molecule has 0 heterocycles. The summed E-state index contributed by atoms with van der Waals surface area (Å²) in [5.41, 5.74) is 1.91. The number of amidine groups is 1. The van der Waals surface area contributed by atoms with Gasteiger partial charge in [0.1, 0.15) is 0 Å². The van der Waals surface area contributed by atoms with Gasteiger partial charge in [0, 0.05) is 21.3 Å². The first kappa shape index (κ1) is 17.2. The molecule has 1 N–H and O–H groups in total. The van der Waals surface area contributed by atoms with Crippen molar-refractivity contribution in [2.75, 3.05) is 5.32 Å². The molecule has 0 aliphatic heterocycles. The van der Waals surface area contributed by atoms with Gasteiger partial charge in [0.15, 0.2) is 5.84 Å². The van der Waals surface area contributed by atoms with E-state index < -0.39 is 0 Å². The van der Waals surface area contributed by atoms with Gasteiger partial charge in [0.2, 0.25) is 5.78 Å². The Kier molecular flexibility index (Phi) is 5.49. The molecule has 0 radical (unpaired) electrons. The Morgan fingerprint density at radius 1 is 0.760 bits per heavy atom. The largest absolute Gasteiger partial charge is 0.337 e. The number of halogens is 2. The van der Waals surface area contributed by atoms with Gasteiger partial charge < -0.3 is 5.32 Å². The fourth-order valence-electron chi connectivity index (χ4n) is 2.18. The van der Waals surface area contributed by atoms with Gasteiger partial charge in [-0.2, -0.15) is 0 Å². The second kappa shape index (κ2) is 7.97. The molecule has 0 unspecified atom stereocenters. The van der Waals surface area contributed by atoms with E-state index in [1.54, 1.807) is 60.7 Å². The predicted molar refractivity (Wildman–Crippen MR) is 104 cm³/mol. The smallest absolute Gasteiger partial charge is 0.228 e. The molecule has 0 bridgehead atoms. The third kappa shape index (κ3) is 4.69. The Morgan fingerprint density at radius 3 is 1.92 bits per heavy atom. The van der Waals surface area contributed by atoms with Gasteiger partial charge in [-0.05, 0) is 48.5 Å². The molecule has 0 fully saturated rings. The van der Waals surface area contributed by atoms with Crippen LogP contribution in [0.2, 0.25) is 10.0 Å². The summed E-state index contributed by atoms with van der Waals surface area (Å²) in [5.74, 6) is 0.0151. The molecular weight excluding hydrogens is 355 g/mol. The molecule has 0 aromatic heterocycles. The molecule has 124 valence electrons. The zero-order valence-electron chi connectivity index (χ0n) is 13.1. The minimum atomic E-state index is -0.203. The number of anilines is 1. The summed E-state index contributed by atoms with van der Waals surface area (Å²) in [6, 6.07) is 23.0. The number of aliphatic imine (C=N–C) groups is 1. The summed E-state index contributed by atoms with van der Waals surface area (Å²) in [5, 5.41) is 4.31. The van der Waals surface area contributed by atoms with Crippen molar-refractivity contribution in [3.63, 3.8) is 0 Å². The van der Waals surface area contributed by atoms with E-state index in [1.807, 2.05) is 18.2 Å². The van der Waals surface area contributed by atoms with Crippen LogP contribution in [-0.2, 0) is 0 Å². The fourth-order valence-corrected chi connectivity index (χ4v) is 2.43. The topological polar surface area (TPSA) is 41.5 Å². The van der Waals surface area contributed by atoms with Crippen molar-refractivity contribution in [3.8, 4) is 0 Å². The molecule has 0 saturated heterocycles. The van der Waals surface area contributed by atoms with Crippen LogP contribution in [0.3, 0.4) is 0 Å². The molecule has 3 nitrogen and oxygen atoms in total. The van der Waals surface area contributed by atoms with Crippen LogP contribution in [0.15, 0.2) is 83.9 Å². The number of nitrogens with one attached hydrogen (secondary N) is 1. The first-order chi connectivity index (χ1) is 12.1. The zero-order chi connectivity index (χ0) is 17.6. The molecule has 0 spiro atoms. The van der Waals surface area contributed by atoms with Crippen LogP contribution in [0.5, 0.6) is 0 Å². The first-order valence-corrected chi connectivity index (χ1v) is 8.34. The minimum Gasteiger partial charge on any atom is -0.337 e. The Hall–Kier alpha value is -2.62. The van der Waals surface area contributed by atoms with E-state index >= 15 is 0 Å². The van der Waals surface area contributed by atoms with Crippen LogP contribution in [0, 0.1) is 0 Å². The van der Waals surface area contributed by atoms with E-state index in [2.05, 4.69) is 10.3 Å². The predicted octanol–water partition coefficient (Wildman–Crippen LogP) is 6.02. The van der Waals surface area contributed by atoms with Crippen molar-refractivity contribution in [2.45, 2.75) is 0 Å². The maximum absolute atomic E-state index is 12.8. The number of hydrogen-bond donors (Lipinski definition) is 1. The van der Waals surface area contributed by atoms with Crippen LogP contribution in [0.4, 0.5) is 11.4 Å². The van der Waals surface area contributed by atoms with Crippen molar-refractivity contribution >= 4 is 46.2 Å². The van der Waals surface area contributed by atoms with Gasteiger partial charge in [0.25, 0.3) is 0 Å². The van der Waals surface area contributed by atoms with Crippen LogP contribution in [0.1, 0.15) is 10.4 Å². The lowest BCUT2D eigenvalue weighted by molar-refractivity contribution is 0.106. The molecule has 3 aromatic rings. The van der Waals surface area contributed by atoms with Crippen molar-refractivity contribution in [3.05, 3.63) is 94.5 Å². The van der Waals surface area contributed by atoms with Gasteiger partial charge in [-0.1, -0.05) is 53.5 Å². The maximum Gasteiger partial charge on any atom is 0.228 e. The highest BCUT2D eigenvalue weighted by Gasteiger charge is 2.14. The van der Waals surface area contributed by atoms with Gasteiger partial charge in [0.05, 0.1) is 5.69 Å². The molecule has 3 rings (SSSR count). The summed E-state index contributed by atoms with van der Waals surface area (Å²) in [6.07, 6.45) is 0. The average molecular weight is 369 g/mol. The maximum atomic E-state index is 12.8. The second-order valence-corrected chi connectivity index (χ2v) is 6.14. The van der Waals surface area contributed by atoms with Crippen LogP contribution >= 0.6 is 23.2 Å². The number of benzene rings is 3. The molecular formula is C20H14Cl2N2O. The van der Waals surface area contributed by atoms with Gasteiger partial charge in [-0.15, -0.1) is 0 Å². The molecule has 0 aliphatic carbocycles.